The zero-order valence-electron chi connectivity index (χ0n) is 11.4. The number of benzene rings is 1. The van der Waals surface area contributed by atoms with Gasteiger partial charge in [-0.05, 0) is 36.8 Å². The molecular formula is C15H13ClN4O. The molecule has 0 bridgehead atoms. The quantitative estimate of drug-likeness (QED) is 0.911. The minimum Gasteiger partial charge on any atom is -0.384 e. The monoisotopic (exact) mass is 300 g/mol. The van der Waals surface area contributed by atoms with E-state index < -0.39 is 0 Å². The first-order chi connectivity index (χ1) is 10.0. The van der Waals surface area contributed by atoms with Gasteiger partial charge in [0.05, 0.1) is 22.3 Å². The third-order valence-corrected chi connectivity index (χ3v) is 3.20. The lowest BCUT2D eigenvalue weighted by Crippen LogP contribution is -2.14. The molecule has 0 radical (unpaired) electrons. The van der Waals surface area contributed by atoms with E-state index in [4.69, 9.17) is 22.6 Å². The average Bonchev–Trinajstić information content (AvgIpc) is 2.48. The fourth-order valence-corrected chi connectivity index (χ4v) is 1.97. The second-order valence-corrected chi connectivity index (χ2v) is 4.79. The summed E-state index contributed by atoms with van der Waals surface area (Å²) in [6.45, 7) is 1.93. The normalized spacial score (nSPS) is 9.95. The van der Waals surface area contributed by atoms with Crippen molar-refractivity contribution in [1.29, 1.82) is 5.26 Å². The molecule has 0 saturated carbocycles. The highest BCUT2D eigenvalue weighted by Gasteiger charge is 2.11. The molecule has 0 unspecified atom stereocenters. The van der Waals surface area contributed by atoms with Crippen LogP contribution >= 0.6 is 11.6 Å². The number of hydrogen-bond donors (Lipinski definition) is 2. The van der Waals surface area contributed by atoms with Gasteiger partial charge in [-0.2, -0.15) is 5.26 Å². The summed E-state index contributed by atoms with van der Waals surface area (Å²) in [5.41, 5.74) is 7.61. The first-order valence-corrected chi connectivity index (χ1v) is 6.68. The predicted molar refractivity (Wildman–Crippen MR) is 82.1 cm³/mol. The van der Waals surface area contributed by atoms with Gasteiger partial charge in [-0.25, -0.2) is 4.98 Å². The summed E-state index contributed by atoms with van der Waals surface area (Å²) in [6.07, 6.45) is 0.677. The Hall–Kier alpha value is -2.58. The highest BCUT2D eigenvalue weighted by Crippen LogP contribution is 2.23. The molecule has 0 spiro atoms. The van der Waals surface area contributed by atoms with Crippen molar-refractivity contribution in [3.05, 3.63) is 52.2 Å². The van der Waals surface area contributed by atoms with Gasteiger partial charge in [0.2, 0.25) is 0 Å². The first-order valence-electron chi connectivity index (χ1n) is 6.31. The molecule has 0 aliphatic heterocycles. The summed E-state index contributed by atoms with van der Waals surface area (Å²) in [4.78, 5) is 16.4. The van der Waals surface area contributed by atoms with E-state index in [0.29, 0.717) is 28.3 Å². The van der Waals surface area contributed by atoms with Crippen LogP contribution in [-0.4, -0.2) is 10.9 Å². The summed E-state index contributed by atoms with van der Waals surface area (Å²) in [5.74, 6) is -0.0628. The largest absolute Gasteiger partial charge is 0.384 e. The molecule has 1 amide bonds. The molecule has 1 heterocycles. The van der Waals surface area contributed by atoms with Gasteiger partial charge in [-0.15, -0.1) is 0 Å². The Balaban J connectivity index is 2.30. The predicted octanol–water partition coefficient (Wildman–Crippen LogP) is 3.00. The van der Waals surface area contributed by atoms with E-state index in [9.17, 15) is 4.79 Å². The standard InChI is InChI=1S/C15H13ClN4O/c1-2-11-6-10(7-14(18)19-11)15(21)20-13-5-9(8-17)3-4-12(13)16/h3-7H,2H2,1H3,(H2,18,19)(H,20,21). The maximum absolute atomic E-state index is 12.3. The van der Waals surface area contributed by atoms with Gasteiger partial charge in [0.15, 0.2) is 0 Å². The Morgan fingerprint density at radius 1 is 1.43 bits per heavy atom. The minimum absolute atomic E-state index is 0.288. The number of nitrogens with one attached hydrogen (secondary N) is 1. The number of aryl methyl sites for hydroxylation is 1. The van der Waals surface area contributed by atoms with Crippen molar-refractivity contribution in [2.75, 3.05) is 11.1 Å². The maximum atomic E-state index is 12.3. The van der Waals surface area contributed by atoms with Gasteiger partial charge >= 0.3 is 0 Å². The van der Waals surface area contributed by atoms with Crippen molar-refractivity contribution in [2.45, 2.75) is 13.3 Å². The van der Waals surface area contributed by atoms with Crippen LogP contribution in [0.2, 0.25) is 5.02 Å². The van der Waals surface area contributed by atoms with Gasteiger partial charge in [0, 0.05) is 11.3 Å². The van der Waals surface area contributed by atoms with E-state index in [2.05, 4.69) is 10.3 Å². The molecule has 2 rings (SSSR count). The van der Waals surface area contributed by atoms with Crippen LogP contribution in [0.1, 0.15) is 28.5 Å². The number of nitriles is 1. The topological polar surface area (TPSA) is 91.8 Å². The average molecular weight is 301 g/mol. The number of pyridine rings is 1. The number of nitrogens with zero attached hydrogens (tertiary/aromatic N) is 2. The number of nitrogen functional groups attached to an aromatic ring is 1. The fourth-order valence-electron chi connectivity index (χ4n) is 1.81. The van der Waals surface area contributed by atoms with Crippen LogP contribution in [0.25, 0.3) is 0 Å². The van der Waals surface area contributed by atoms with Crippen molar-refractivity contribution in [3.8, 4) is 6.07 Å². The molecule has 2 aromatic rings. The SMILES string of the molecule is CCc1cc(C(=O)Nc2cc(C#N)ccc2Cl)cc(N)n1. The number of halogens is 1. The summed E-state index contributed by atoms with van der Waals surface area (Å²) < 4.78 is 0. The molecule has 0 saturated heterocycles. The molecule has 1 aromatic carbocycles. The van der Waals surface area contributed by atoms with E-state index in [0.717, 1.165) is 5.69 Å². The molecule has 0 aliphatic rings. The number of carbonyl (C=O) groups excluding carboxylic acids is 1. The second kappa shape index (κ2) is 6.25. The molecular weight excluding hydrogens is 288 g/mol. The number of amides is 1. The molecule has 0 aliphatic carbocycles. The van der Waals surface area contributed by atoms with Crippen molar-refractivity contribution in [2.24, 2.45) is 0 Å². The van der Waals surface area contributed by atoms with E-state index >= 15 is 0 Å². The van der Waals surface area contributed by atoms with E-state index in [-0.39, 0.29) is 11.7 Å². The summed E-state index contributed by atoms with van der Waals surface area (Å²) in [6, 6.07) is 9.83. The highest BCUT2D eigenvalue weighted by molar-refractivity contribution is 6.34. The maximum Gasteiger partial charge on any atom is 0.255 e. The lowest BCUT2D eigenvalue weighted by atomic mass is 10.1. The van der Waals surface area contributed by atoms with Crippen molar-refractivity contribution in [3.63, 3.8) is 0 Å². The molecule has 1 aromatic heterocycles. The van der Waals surface area contributed by atoms with Gasteiger partial charge < -0.3 is 11.1 Å². The molecule has 3 N–H and O–H groups in total. The summed E-state index contributed by atoms with van der Waals surface area (Å²) in [7, 11) is 0. The smallest absolute Gasteiger partial charge is 0.255 e. The molecule has 0 fully saturated rings. The lowest BCUT2D eigenvalue weighted by Gasteiger charge is -2.09. The van der Waals surface area contributed by atoms with Crippen molar-refractivity contribution >= 4 is 29.0 Å². The molecule has 6 heteroatoms. The van der Waals surface area contributed by atoms with Crippen LogP contribution in [0, 0.1) is 11.3 Å². The summed E-state index contributed by atoms with van der Waals surface area (Å²) >= 11 is 6.01. The van der Waals surface area contributed by atoms with Crippen LogP contribution in [-0.2, 0) is 6.42 Å². The fraction of sp³-hybridized carbons (Fsp3) is 0.133. The Kier molecular flexibility index (Phi) is 4.41. The Bertz CT molecular complexity index is 737. The Morgan fingerprint density at radius 3 is 2.86 bits per heavy atom. The summed E-state index contributed by atoms with van der Waals surface area (Å²) in [5, 5.41) is 11.9. The highest BCUT2D eigenvalue weighted by atomic mass is 35.5. The van der Waals surface area contributed by atoms with Gasteiger partial charge in [-0.1, -0.05) is 18.5 Å². The Labute approximate surface area is 127 Å². The first kappa shape index (κ1) is 14.8. The molecule has 21 heavy (non-hydrogen) atoms. The van der Waals surface area contributed by atoms with Gasteiger partial charge in [0.25, 0.3) is 5.91 Å². The Morgan fingerprint density at radius 2 is 2.19 bits per heavy atom. The van der Waals surface area contributed by atoms with Crippen LogP contribution in [0.15, 0.2) is 30.3 Å². The zero-order chi connectivity index (χ0) is 15.4. The number of aromatic nitrogens is 1. The number of anilines is 2. The van der Waals surface area contributed by atoms with Gasteiger partial charge in [0.1, 0.15) is 5.82 Å². The van der Waals surface area contributed by atoms with Crippen LogP contribution in [0.3, 0.4) is 0 Å². The van der Waals surface area contributed by atoms with Crippen LogP contribution < -0.4 is 11.1 Å². The van der Waals surface area contributed by atoms with E-state index in [1.54, 1.807) is 18.2 Å². The molecule has 5 nitrogen and oxygen atoms in total. The number of nitrogens with two attached hydrogens (primary N) is 1. The lowest BCUT2D eigenvalue weighted by molar-refractivity contribution is 0.102. The van der Waals surface area contributed by atoms with Crippen molar-refractivity contribution < 1.29 is 4.79 Å². The minimum atomic E-state index is -0.351. The molecule has 106 valence electrons. The van der Waals surface area contributed by atoms with E-state index in [1.807, 2.05) is 13.0 Å². The zero-order valence-corrected chi connectivity index (χ0v) is 12.1. The molecule has 0 atom stereocenters. The van der Waals surface area contributed by atoms with Crippen LogP contribution in [0.5, 0.6) is 0 Å². The van der Waals surface area contributed by atoms with Crippen molar-refractivity contribution in [1.82, 2.24) is 4.98 Å². The second-order valence-electron chi connectivity index (χ2n) is 4.39. The number of hydrogen-bond acceptors (Lipinski definition) is 4. The van der Waals surface area contributed by atoms with Crippen LogP contribution in [0.4, 0.5) is 11.5 Å². The number of rotatable bonds is 3. The van der Waals surface area contributed by atoms with Gasteiger partial charge in [-0.3, -0.25) is 4.79 Å². The third kappa shape index (κ3) is 3.50. The number of carbonyl (C=O) groups is 1. The third-order valence-electron chi connectivity index (χ3n) is 2.87. The van der Waals surface area contributed by atoms with E-state index in [1.165, 1.54) is 12.1 Å².